The first-order chi connectivity index (χ1) is 9.37. The molecule has 0 aliphatic rings. The first-order valence-corrected chi connectivity index (χ1v) is 6.46. The van der Waals surface area contributed by atoms with Crippen LogP contribution in [0.4, 0.5) is 0 Å². The normalized spacial score (nSPS) is 14.4. The molecular weight excluding hydrogens is 256 g/mol. The average molecular weight is 276 g/mol. The second-order valence-electron chi connectivity index (χ2n) is 5.55. The Kier molecular flexibility index (Phi) is 4.06. The van der Waals surface area contributed by atoms with E-state index in [1.807, 2.05) is 19.0 Å². The number of H-pyrrole nitrogens is 1. The number of nitrogens with zero attached hydrogens (tertiary/aromatic N) is 2. The van der Waals surface area contributed by atoms with Crippen molar-refractivity contribution in [3.63, 3.8) is 0 Å². The minimum absolute atomic E-state index is 0.199. The third-order valence-electron chi connectivity index (χ3n) is 2.97. The van der Waals surface area contributed by atoms with E-state index in [1.54, 1.807) is 31.5 Å². The summed E-state index contributed by atoms with van der Waals surface area (Å²) in [5, 5.41) is 12.9. The number of fused-ring (bicyclic) bond motifs is 1. The van der Waals surface area contributed by atoms with Crippen LogP contribution in [0.1, 0.15) is 17.3 Å². The third-order valence-corrected chi connectivity index (χ3v) is 2.97. The molecule has 0 fully saturated rings. The van der Waals surface area contributed by atoms with Crippen LogP contribution in [0, 0.1) is 0 Å². The first kappa shape index (κ1) is 14.5. The molecule has 1 amide bonds. The Hall–Kier alpha value is -1.92. The molecule has 0 saturated heterocycles. The first-order valence-electron chi connectivity index (χ1n) is 6.46. The van der Waals surface area contributed by atoms with Gasteiger partial charge in [0.2, 0.25) is 0 Å². The van der Waals surface area contributed by atoms with E-state index in [4.69, 9.17) is 0 Å². The molecule has 0 spiro atoms. The number of aliphatic hydroxyl groups is 1. The van der Waals surface area contributed by atoms with Crippen molar-refractivity contribution in [1.82, 2.24) is 20.2 Å². The molecule has 1 aromatic carbocycles. The van der Waals surface area contributed by atoms with E-state index >= 15 is 0 Å². The van der Waals surface area contributed by atoms with Crippen molar-refractivity contribution in [3.05, 3.63) is 30.1 Å². The molecule has 0 radical (unpaired) electrons. The predicted octanol–water partition coefficient (Wildman–Crippen LogP) is 0.605. The topological polar surface area (TPSA) is 81.2 Å². The molecule has 108 valence electrons. The Morgan fingerprint density at radius 1 is 1.50 bits per heavy atom. The molecule has 1 atom stereocenters. The number of hydrogen-bond acceptors (Lipinski definition) is 4. The lowest BCUT2D eigenvalue weighted by atomic mass is 10.1. The Morgan fingerprint density at radius 2 is 2.25 bits per heavy atom. The summed E-state index contributed by atoms with van der Waals surface area (Å²) in [5.41, 5.74) is 1.22. The van der Waals surface area contributed by atoms with Gasteiger partial charge in [0.15, 0.2) is 0 Å². The molecule has 1 unspecified atom stereocenters. The predicted molar refractivity (Wildman–Crippen MR) is 77.6 cm³/mol. The van der Waals surface area contributed by atoms with Gasteiger partial charge in [0.05, 0.1) is 23.0 Å². The maximum absolute atomic E-state index is 12.1. The maximum Gasteiger partial charge on any atom is 0.251 e. The highest BCUT2D eigenvalue weighted by Gasteiger charge is 2.22. The number of aromatic nitrogens is 2. The Labute approximate surface area is 117 Å². The van der Waals surface area contributed by atoms with Gasteiger partial charge in [0, 0.05) is 18.7 Å². The Morgan fingerprint density at radius 3 is 2.95 bits per heavy atom. The van der Waals surface area contributed by atoms with Gasteiger partial charge >= 0.3 is 0 Å². The van der Waals surface area contributed by atoms with Gasteiger partial charge in [0.25, 0.3) is 5.91 Å². The second kappa shape index (κ2) is 5.60. The fourth-order valence-corrected chi connectivity index (χ4v) is 2.19. The van der Waals surface area contributed by atoms with Crippen LogP contribution in [-0.2, 0) is 0 Å². The zero-order chi connectivity index (χ0) is 14.8. The number of aromatic amines is 1. The van der Waals surface area contributed by atoms with E-state index in [2.05, 4.69) is 15.3 Å². The summed E-state index contributed by atoms with van der Waals surface area (Å²) in [6, 6.07) is 5.26. The molecule has 6 nitrogen and oxygen atoms in total. The highest BCUT2D eigenvalue weighted by molar-refractivity contribution is 5.97. The van der Waals surface area contributed by atoms with Gasteiger partial charge in [-0.25, -0.2) is 4.98 Å². The molecule has 1 heterocycles. The van der Waals surface area contributed by atoms with Crippen molar-refractivity contribution >= 4 is 16.9 Å². The molecule has 0 bridgehead atoms. The molecule has 0 aliphatic carbocycles. The SMILES string of the molecule is CN(C)CC(C)(O)CNC(=O)c1ccc2nc[nH]c2c1. The van der Waals surface area contributed by atoms with Gasteiger partial charge in [-0.3, -0.25) is 4.79 Å². The molecule has 1 aromatic heterocycles. The van der Waals surface area contributed by atoms with Crippen molar-refractivity contribution in [2.45, 2.75) is 12.5 Å². The summed E-state index contributed by atoms with van der Waals surface area (Å²) in [6.45, 7) is 2.38. The van der Waals surface area contributed by atoms with Gasteiger partial charge in [-0.05, 0) is 39.2 Å². The largest absolute Gasteiger partial charge is 0.387 e. The number of hydrogen-bond donors (Lipinski definition) is 3. The molecule has 2 rings (SSSR count). The summed E-state index contributed by atoms with van der Waals surface area (Å²) in [4.78, 5) is 21.0. The van der Waals surface area contributed by atoms with Gasteiger partial charge in [-0.15, -0.1) is 0 Å². The average Bonchev–Trinajstić information content (AvgIpc) is 2.81. The van der Waals surface area contributed by atoms with Crippen molar-refractivity contribution in [1.29, 1.82) is 0 Å². The molecule has 0 saturated carbocycles. The second-order valence-corrected chi connectivity index (χ2v) is 5.55. The molecule has 6 heteroatoms. The van der Waals surface area contributed by atoms with Crippen LogP contribution < -0.4 is 5.32 Å². The fraction of sp³-hybridized carbons (Fsp3) is 0.429. The summed E-state index contributed by atoms with van der Waals surface area (Å²) >= 11 is 0. The summed E-state index contributed by atoms with van der Waals surface area (Å²) in [6.07, 6.45) is 1.59. The maximum atomic E-state index is 12.1. The fourth-order valence-electron chi connectivity index (χ4n) is 2.19. The van der Waals surface area contributed by atoms with Gasteiger partial charge in [-0.1, -0.05) is 0 Å². The van der Waals surface area contributed by atoms with E-state index in [1.165, 1.54) is 0 Å². The van der Waals surface area contributed by atoms with Crippen molar-refractivity contribution in [2.24, 2.45) is 0 Å². The van der Waals surface area contributed by atoms with Crippen LogP contribution in [0.25, 0.3) is 11.0 Å². The summed E-state index contributed by atoms with van der Waals surface area (Å²) in [5.74, 6) is -0.208. The van der Waals surface area contributed by atoms with Crippen LogP contribution >= 0.6 is 0 Å². The standard InChI is InChI=1S/C14H20N4O2/c1-14(20,8-18(2)3)7-15-13(19)10-4-5-11-12(6-10)17-9-16-11/h4-6,9,20H,7-8H2,1-3H3,(H,15,19)(H,16,17). The van der Waals surface area contributed by atoms with Gasteiger partial charge in [0.1, 0.15) is 0 Å². The van der Waals surface area contributed by atoms with E-state index in [9.17, 15) is 9.90 Å². The summed E-state index contributed by atoms with van der Waals surface area (Å²) in [7, 11) is 3.75. The Bertz CT molecular complexity index is 604. The van der Waals surface area contributed by atoms with E-state index in [-0.39, 0.29) is 12.5 Å². The van der Waals surface area contributed by atoms with Crippen molar-refractivity contribution < 1.29 is 9.90 Å². The van der Waals surface area contributed by atoms with E-state index in [0.717, 1.165) is 11.0 Å². The molecule has 20 heavy (non-hydrogen) atoms. The van der Waals surface area contributed by atoms with Crippen LogP contribution in [0.2, 0.25) is 0 Å². The van der Waals surface area contributed by atoms with Gasteiger partial charge in [-0.2, -0.15) is 0 Å². The highest BCUT2D eigenvalue weighted by Crippen LogP contribution is 2.12. The number of carbonyl (C=O) groups is 1. The van der Waals surface area contributed by atoms with E-state index in [0.29, 0.717) is 12.1 Å². The number of imidazole rings is 1. The minimum Gasteiger partial charge on any atom is -0.387 e. The quantitative estimate of drug-likeness (QED) is 0.747. The number of likely N-dealkylation sites (N-methyl/N-ethyl adjacent to an activating group) is 1. The molecular formula is C14H20N4O2. The molecule has 3 N–H and O–H groups in total. The van der Waals surface area contributed by atoms with Crippen LogP contribution in [-0.4, -0.2) is 58.7 Å². The highest BCUT2D eigenvalue weighted by atomic mass is 16.3. The minimum atomic E-state index is -0.961. The number of carbonyl (C=O) groups excluding carboxylic acids is 1. The van der Waals surface area contributed by atoms with Crippen LogP contribution in [0.3, 0.4) is 0 Å². The zero-order valence-corrected chi connectivity index (χ0v) is 12.0. The summed E-state index contributed by atoms with van der Waals surface area (Å²) < 4.78 is 0. The Balaban J connectivity index is 2.01. The lowest BCUT2D eigenvalue weighted by Gasteiger charge is -2.27. The number of rotatable bonds is 5. The van der Waals surface area contributed by atoms with Gasteiger partial charge < -0.3 is 20.3 Å². The van der Waals surface area contributed by atoms with Crippen LogP contribution in [0.15, 0.2) is 24.5 Å². The van der Waals surface area contributed by atoms with Crippen LogP contribution in [0.5, 0.6) is 0 Å². The third kappa shape index (κ3) is 3.55. The zero-order valence-electron chi connectivity index (χ0n) is 12.0. The lowest BCUT2D eigenvalue weighted by Crippen LogP contribution is -2.47. The number of nitrogens with one attached hydrogen (secondary N) is 2. The molecule has 2 aromatic rings. The van der Waals surface area contributed by atoms with E-state index < -0.39 is 5.60 Å². The van der Waals surface area contributed by atoms with Crippen molar-refractivity contribution in [3.8, 4) is 0 Å². The monoisotopic (exact) mass is 276 g/mol. The molecule has 0 aliphatic heterocycles. The van der Waals surface area contributed by atoms with Crippen molar-refractivity contribution in [2.75, 3.05) is 27.2 Å². The lowest BCUT2D eigenvalue weighted by molar-refractivity contribution is 0.0326. The smallest absolute Gasteiger partial charge is 0.251 e. The number of amides is 1. The number of benzene rings is 1.